The number of carbonyl (C=O) groups is 3. The lowest BCUT2D eigenvalue weighted by Gasteiger charge is -2.52. The molecule has 4 aromatic carbocycles. The van der Waals surface area contributed by atoms with Crippen LogP contribution in [0, 0.1) is 11.8 Å². The summed E-state index contributed by atoms with van der Waals surface area (Å²) in [4.78, 5) is 42.7. The molecule has 9 nitrogen and oxygen atoms in total. The lowest BCUT2D eigenvalue weighted by molar-refractivity contribution is -0.122. The van der Waals surface area contributed by atoms with Crippen LogP contribution in [0.5, 0.6) is 11.5 Å². The Bertz CT molecular complexity index is 1790. The number of fused-ring (bicyclic) bond motifs is 1. The van der Waals surface area contributed by atoms with E-state index in [-0.39, 0.29) is 37.0 Å². The molecule has 2 bridgehead atoms. The molecule has 9 rings (SSSR count). The number of anilines is 2. The quantitative estimate of drug-likeness (QED) is 0.205. The average molecular weight is 571 g/mol. The molecule has 1 fully saturated rings. The van der Waals surface area contributed by atoms with E-state index in [1.807, 2.05) is 66.7 Å². The number of nitrogens with one attached hydrogen (secondary N) is 2. The minimum atomic E-state index is -1.05. The van der Waals surface area contributed by atoms with Gasteiger partial charge in [0.25, 0.3) is 5.91 Å². The molecule has 43 heavy (non-hydrogen) atoms. The molecule has 212 valence electrons. The van der Waals surface area contributed by atoms with Crippen LogP contribution >= 0.6 is 0 Å². The molecule has 2 N–H and O–H groups in total. The van der Waals surface area contributed by atoms with Crippen molar-refractivity contribution in [2.45, 2.75) is 11.3 Å². The van der Waals surface area contributed by atoms with Crippen molar-refractivity contribution in [3.8, 4) is 11.5 Å². The number of para-hydroxylation sites is 1. The average Bonchev–Trinajstić information content (AvgIpc) is 3.62. The number of rotatable bonds is 6. The zero-order valence-corrected chi connectivity index (χ0v) is 22.9. The summed E-state index contributed by atoms with van der Waals surface area (Å²) in [5, 5.41) is 7.53. The van der Waals surface area contributed by atoms with Crippen LogP contribution in [-0.4, -0.2) is 37.3 Å². The molecule has 5 aliphatic rings. The molecule has 2 atom stereocenters. The number of benzene rings is 4. The summed E-state index contributed by atoms with van der Waals surface area (Å²) < 4.78 is 10.8. The van der Waals surface area contributed by atoms with Crippen molar-refractivity contribution >= 4 is 35.3 Å². The molecular formula is C34H26N4O5. The van der Waals surface area contributed by atoms with Crippen molar-refractivity contribution in [2.75, 3.05) is 23.6 Å². The van der Waals surface area contributed by atoms with E-state index in [1.54, 1.807) is 36.5 Å². The number of amides is 3. The standard InChI is InChI=1S/C34H26N4O5/c39-28(17-35-20-14-15-26-27(16-20)43-19-42-26)37-36-18-34-24-12-6-4-10-22(24)29(23-11-5-7-13-25(23)34)30-31(34)33(41)38(32(30)40)21-8-2-1-3-9-21/h1-16,18,29-31,35H,17,19H2,(H,37,39)/b36-18-/t29?,30-,31+,34?/m0/s1. The summed E-state index contributed by atoms with van der Waals surface area (Å²) in [6.07, 6.45) is 1.66. The van der Waals surface area contributed by atoms with Crippen LogP contribution in [0.25, 0.3) is 0 Å². The molecule has 0 aromatic heterocycles. The Morgan fingerprint density at radius 2 is 1.53 bits per heavy atom. The Kier molecular flexibility index (Phi) is 5.62. The van der Waals surface area contributed by atoms with Gasteiger partial charge in [-0.25, -0.2) is 10.3 Å². The van der Waals surface area contributed by atoms with Gasteiger partial charge in [0.15, 0.2) is 11.5 Å². The molecule has 1 saturated heterocycles. The first kappa shape index (κ1) is 25.3. The van der Waals surface area contributed by atoms with E-state index < -0.39 is 17.3 Å². The van der Waals surface area contributed by atoms with Crippen LogP contribution in [-0.2, 0) is 19.8 Å². The van der Waals surface area contributed by atoms with E-state index in [0.717, 1.165) is 22.3 Å². The second-order valence-electron chi connectivity index (χ2n) is 11.1. The first-order chi connectivity index (χ1) is 21.1. The van der Waals surface area contributed by atoms with Crippen LogP contribution in [0.2, 0.25) is 0 Å². The van der Waals surface area contributed by atoms with E-state index in [1.165, 1.54) is 4.90 Å². The minimum Gasteiger partial charge on any atom is -0.454 e. The second-order valence-corrected chi connectivity index (χ2v) is 11.1. The van der Waals surface area contributed by atoms with E-state index in [4.69, 9.17) is 9.47 Å². The Hall–Kier alpha value is -5.44. The van der Waals surface area contributed by atoms with Gasteiger partial charge in [-0.15, -0.1) is 0 Å². The van der Waals surface area contributed by atoms with E-state index in [9.17, 15) is 14.4 Å². The van der Waals surface area contributed by atoms with Gasteiger partial charge in [0.05, 0.1) is 29.5 Å². The molecule has 0 radical (unpaired) electrons. The molecule has 0 unspecified atom stereocenters. The molecule has 9 heteroatoms. The summed E-state index contributed by atoms with van der Waals surface area (Å²) in [7, 11) is 0. The van der Waals surface area contributed by atoms with Crippen LogP contribution < -0.4 is 25.1 Å². The number of imide groups is 1. The largest absolute Gasteiger partial charge is 0.454 e. The smallest absolute Gasteiger partial charge is 0.259 e. The number of carbonyl (C=O) groups excluding carboxylic acids is 3. The van der Waals surface area contributed by atoms with Crippen LogP contribution in [0.4, 0.5) is 11.4 Å². The lowest BCUT2D eigenvalue weighted by Crippen LogP contribution is -2.54. The van der Waals surface area contributed by atoms with Crippen molar-refractivity contribution in [2.24, 2.45) is 16.9 Å². The molecule has 0 spiro atoms. The number of ether oxygens (including phenoxy) is 2. The Morgan fingerprint density at radius 1 is 0.860 bits per heavy atom. The predicted molar refractivity (Wildman–Crippen MR) is 159 cm³/mol. The number of hydrogen-bond acceptors (Lipinski definition) is 7. The van der Waals surface area contributed by atoms with Crippen LogP contribution in [0.1, 0.15) is 28.2 Å². The molecule has 0 saturated carbocycles. The van der Waals surface area contributed by atoms with Crippen molar-refractivity contribution in [1.29, 1.82) is 0 Å². The SMILES string of the molecule is O=C(CNc1ccc2c(c1)OCO2)N/N=C\C12c3ccccc3C(c3ccccc31)[C@@H]1C(=O)N(c3ccccc3)C(=O)[C@@H]12. The van der Waals surface area contributed by atoms with Gasteiger partial charge >= 0.3 is 0 Å². The van der Waals surface area contributed by atoms with Gasteiger partial charge in [0.1, 0.15) is 0 Å². The van der Waals surface area contributed by atoms with Gasteiger partial charge in [0, 0.05) is 23.9 Å². The number of hydrazone groups is 1. The molecule has 2 heterocycles. The molecule has 4 aromatic rings. The molecule has 2 aliphatic heterocycles. The van der Waals surface area contributed by atoms with Crippen LogP contribution in [0.15, 0.2) is 102 Å². The van der Waals surface area contributed by atoms with E-state index in [0.29, 0.717) is 22.9 Å². The number of hydrogen-bond donors (Lipinski definition) is 2. The summed E-state index contributed by atoms with van der Waals surface area (Å²) in [6.45, 7) is 0.131. The van der Waals surface area contributed by atoms with Crippen molar-refractivity contribution < 1.29 is 23.9 Å². The summed E-state index contributed by atoms with van der Waals surface area (Å²) in [5.74, 6) is -1.17. The highest BCUT2D eigenvalue weighted by molar-refractivity contribution is 6.25. The highest BCUT2D eigenvalue weighted by Crippen LogP contribution is 2.63. The van der Waals surface area contributed by atoms with Gasteiger partial charge in [-0.05, 0) is 46.5 Å². The topological polar surface area (TPSA) is 109 Å². The maximum Gasteiger partial charge on any atom is 0.259 e. The van der Waals surface area contributed by atoms with Gasteiger partial charge in [-0.3, -0.25) is 14.4 Å². The second kappa shape index (κ2) is 9.55. The first-order valence-corrected chi connectivity index (χ1v) is 14.2. The van der Waals surface area contributed by atoms with Crippen molar-refractivity contribution in [3.05, 3.63) is 119 Å². The van der Waals surface area contributed by atoms with Crippen LogP contribution in [0.3, 0.4) is 0 Å². The summed E-state index contributed by atoms with van der Waals surface area (Å²) in [5.41, 5.74) is 6.69. The van der Waals surface area contributed by atoms with Crippen molar-refractivity contribution in [1.82, 2.24) is 5.43 Å². The fourth-order valence-electron chi connectivity index (χ4n) is 7.32. The molecular weight excluding hydrogens is 544 g/mol. The molecule has 3 amide bonds. The van der Waals surface area contributed by atoms with Crippen molar-refractivity contribution in [3.63, 3.8) is 0 Å². The van der Waals surface area contributed by atoms with Gasteiger partial charge in [0.2, 0.25) is 18.6 Å². The minimum absolute atomic E-state index is 0.0372. The molecule has 3 aliphatic carbocycles. The van der Waals surface area contributed by atoms with Gasteiger partial charge < -0.3 is 14.8 Å². The first-order valence-electron chi connectivity index (χ1n) is 14.2. The maximum absolute atomic E-state index is 14.3. The maximum atomic E-state index is 14.3. The third kappa shape index (κ3) is 3.64. The Balaban J connectivity index is 1.16. The third-order valence-corrected chi connectivity index (χ3v) is 8.98. The highest BCUT2D eigenvalue weighted by atomic mass is 16.7. The third-order valence-electron chi connectivity index (χ3n) is 8.98. The summed E-state index contributed by atoms with van der Waals surface area (Å²) in [6, 6.07) is 30.3. The lowest BCUT2D eigenvalue weighted by atomic mass is 9.47. The van der Waals surface area contributed by atoms with Gasteiger partial charge in [-0.2, -0.15) is 5.10 Å². The monoisotopic (exact) mass is 570 g/mol. The fourth-order valence-corrected chi connectivity index (χ4v) is 7.32. The number of nitrogens with zero attached hydrogens (tertiary/aromatic N) is 2. The zero-order chi connectivity index (χ0) is 29.1. The fraction of sp³-hybridized carbons (Fsp3) is 0.176. The zero-order valence-electron chi connectivity index (χ0n) is 22.9. The summed E-state index contributed by atoms with van der Waals surface area (Å²) >= 11 is 0. The highest BCUT2D eigenvalue weighted by Gasteiger charge is 2.68. The van der Waals surface area contributed by atoms with E-state index in [2.05, 4.69) is 15.8 Å². The Labute approximate surface area is 247 Å². The van der Waals surface area contributed by atoms with Gasteiger partial charge in [-0.1, -0.05) is 66.7 Å². The Morgan fingerprint density at radius 3 is 2.28 bits per heavy atom. The normalized spacial score (nSPS) is 24.1. The van der Waals surface area contributed by atoms with E-state index >= 15 is 0 Å². The predicted octanol–water partition coefficient (Wildman–Crippen LogP) is 4.18.